The van der Waals surface area contributed by atoms with Crippen molar-refractivity contribution in [1.82, 2.24) is 5.32 Å². The zero-order valence-electron chi connectivity index (χ0n) is 31.5. The molecule has 0 rings (SSSR count). The number of carbonyl (C=O) groups is 1. The van der Waals surface area contributed by atoms with Gasteiger partial charge in [-0.3, -0.25) is 4.79 Å². The van der Waals surface area contributed by atoms with E-state index in [4.69, 9.17) is 0 Å². The number of aliphatic hydroxyl groups is 2. The number of unbranched alkanes of at least 4 members (excludes halogenated alkanes) is 24. The number of hydrogen-bond donors (Lipinski definition) is 3. The van der Waals surface area contributed by atoms with Crippen LogP contribution < -0.4 is 5.32 Å². The molecule has 2 unspecified atom stereocenters. The number of carbonyl (C=O) groups excluding carboxylic acids is 1. The van der Waals surface area contributed by atoms with E-state index < -0.39 is 12.1 Å². The fourth-order valence-electron chi connectivity index (χ4n) is 6.26. The van der Waals surface area contributed by atoms with Crippen LogP contribution in [-0.2, 0) is 4.79 Å². The zero-order valence-corrected chi connectivity index (χ0v) is 31.5. The molecule has 4 heteroatoms. The summed E-state index contributed by atoms with van der Waals surface area (Å²) in [6, 6.07) is -0.540. The van der Waals surface area contributed by atoms with Crippen LogP contribution in [0.4, 0.5) is 0 Å². The number of rotatable bonds is 37. The lowest BCUT2D eigenvalue weighted by molar-refractivity contribution is -0.123. The van der Waals surface area contributed by atoms with Gasteiger partial charge in [0.15, 0.2) is 0 Å². The third-order valence-electron chi connectivity index (χ3n) is 9.42. The Morgan fingerprint density at radius 3 is 1.40 bits per heavy atom. The SMILES string of the molecule is CC/C=C\C/C=C\C/C=C\CCCCCCCCCC(=O)NC(CO)C(O)CCCCCCCCCCCCCCCCCCCC. The van der Waals surface area contributed by atoms with Gasteiger partial charge in [0.05, 0.1) is 18.8 Å². The van der Waals surface area contributed by atoms with Crippen molar-refractivity contribution in [3.05, 3.63) is 36.5 Å². The number of hydrogen-bond acceptors (Lipinski definition) is 3. The fraction of sp³-hybridized carbons (Fsp3) is 0.837. The Labute approximate surface area is 293 Å². The second-order valence-electron chi connectivity index (χ2n) is 14.0. The monoisotopic (exact) mass is 660 g/mol. The molecular weight excluding hydrogens is 578 g/mol. The van der Waals surface area contributed by atoms with Gasteiger partial charge in [-0.1, -0.05) is 198 Å². The lowest BCUT2D eigenvalue weighted by Gasteiger charge is -2.22. The normalized spacial score (nSPS) is 13.4. The molecule has 0 bridgehead atoms. The summed E-state index contributed by atoms with van der Waals surface area (Å²) in [6.07, 6.45) is 50.7. The molecule has 0 aromatic rings. The first-order chi connectivity index (χ1) is 23.2. The molecule has 276 valence electrons. The Kier molecular flexibility index (Phi) is 37.9. The minimum Gasteiger partial charge on any atom is -0.394 e. The molecule has 3 N–H and O–H groups in total. The smallest absolute Gasteiger partial charge is 0.220 e. The molecule has 0 radical (unpaired) electrons. The van der Waals surface area contributed by atoms with E-state index in [0.717, 1.165) is 44.9 Å². The maximum absolute atomic E-state index is 12.4. The summed E-state index contributed by atoms with van der Waals surface area (Å²) in [5.41, 5.74) is 0. The van der Waals surface area contributed by atoms with Gasteiger partial charge < -0.3 is 15.5 Å². The van der Waals surface area contributed by atoms with Gasteiger partial charge in [0, 0.05) is 6.42 Å². The van der Waals surface area contributed by atoms with Crippen LogP contribution in [-0.4, -0.2) is 34.9 Å². The molecule has 0 spiro atoms. The van der Waals surface area contributed by atoms with Crippen LogP contribution in [0.25, 0.3) is 0 Å². The van der Waals surface area contributed by atoms with E-state index >= 15 is 0 Å². The minimum atomic E-state index is -0.663. The first-order valence-electron chi connectivity index (χ1n) is 20.7. The second kappa shape index (κ2) is 39.1. The van der Waals surface area contributed by atoms with Gasteiger partial charge in [0.25, 0.3) is 0 Å². The topological polar surface area (TPSA) is 69.6 Å². The number of aliphatic hydroxyl groups excluding tert-OH is 2. The highest BCUT2D eigenvalue weighted by molar-refractivity contribution is 5.76. The van der Waals surface area contributed by atoms with Crippen molar-refractivity contribution in [1.29, 1.82) is 0 Å². The molecule has 0 aromatic carbocycles. The maximum Gasteiger partial charge on any atom is 0.220 e. The van der Waals surface area contributed by atoms with Crippen molar-refractivity contribution >= 4 is 5.91 Å². The molecule has 0 fully saturated rings. The Hall–Kier alpha value is -1.39. The van der Waals surface area contributed by atoms with E-state index in [2.05, 4.69) is 55.6 Å². The summed E-state index contributed by atoms with van der Waals surface area (Å²) >= 11 is 0. The molecular formula is C43H81NO3. The quantitative estimate of drug-likeness (QED) is 0.0459. The maximum atomic E-state index is 12.4. The van der Waals surface area contributed by atoms with Crippen molar-refractivity contribution in [2.45, 2.75) is 225 Å². The van der Waals surface area contributed by atoms with Crippen LogP contribution in [0.3, 0.4) is 0 Å². The minimum absolute atomic E-state index is 0.0417. The van der Waals surface area contributed by atoms with E-state index in [-0.39, 0.29) is 12.5 Å². The highest BCUT2D eigenvalue weighted by Gasteiger charge is 2.19. The Morgan fingerprint density at radius 2 is 0.936 bits per heavy atom. The molecule has 0 saturated carbocycles. The Bertz CT molecular complexity index is 716. The molecule has 0 saturated heterocycles. The lowest BCUT2D eigenvalue weighted by atomic mass is 10.0. The van der Waals surface area contributed by atoms with Crippen molar-refractivity contribution in [3.63, 3.8) is 0 Å². The van der Waals surface area contributed by atoms with Crippen LogP contribution in [0.1, 0.15) is 213 Å². The zero-order chi connectivity index (χ0) is 34.3. The molecule has 0 aromatic heterocycles. The second-order valence-corrected chi connectivity index (χ2v) is 14.0. The molecule has 2 atom stereocenters. The summed E-state index contributed by atoms with van der Waals surface area (Å²) in [6.45, 7) is 4.25. The molecule has 1 amide bonds. The van der Waals surface area contributed by atoms with Gasteiger partial charge in [-0.15, -0.1) is 0 Å². The molecule has 4 nitrogen and oxygen atoms in total. The lowest BCUT2D eigenvalue weighted by Crippen LogP contribution is -2.45. The van der Waals surface area contributed by atoms with Crippen LogP contribution in [0.15, 0.2) is 36.5 Å². The van der Waals surface area contributed by atoms with Gasteiger partial charge in [-0.2, -0.15) is 0 Å². The predicted molar refractivity (Wildman–Crippen MR) is 207 cm³/mol. The fourth-order valence-corrected chi connectivity index (χ4v) is 6.26. The van der Waals surface area contributed by atoms with E-state index in [1.807, 2.05) is 0 Å². The van der Waals surface area contributed by atoms with Crippen LogP contribution >= 0.6 is 0 Å². The number of nitrogens with one attached hydrogen (secondary N) is 1. The first-order valence-corrected chi connectivity index (χ1v) is 20.7. The van der Waals surface area contributed by atoms with Gasteiger partial charge >= 0.3 is 0 Å². The largest absolute Gasteiger partial charge is 0.394 e. The van der Waals surface area contributed by atoms with Crippen LogP contribution in [0.5, 0.6) is 0 Å². The van der Waals surface area contributed by atoms with Gasteiger partial charge in [0.2, 0.25) is 5.91 Å². The molecule has 0 aliphatic carbocycles. The first kappa shape index (κ1) is 45.6. The van der Waals surface area contributed by atoms with E-state index in [1.165, 1.54) is 141 Å². The standard InChI is InChI=1S/C43H81NO3/c1-3-5-7-9-11-13-15-17-19-21-23-24-26-28-30-32-34-36-38-42(46)41(40-45)44-43(47)39-37-35-33-31-29-27-25-22-20-18-16-14-12-10-8-6-4-2/h6,8,12,14,18,20,41-42,45-46H,3-5,7,9-11,13,15-17,19,21-40H2,1-2H3,(H,44,47)/b8-6-,14-12-,20-18-. The Morgan fingerprint density at radius 1 is 0.532 bits per heavy atom. The number of allylic oxidation sites excluding steroid dienone is 6. The summed E-state index contributed by atoms with van der Waals surface area (Å²) in [7, 11) is 0. The predicted octanol–water partition coefficient (Wildman–Crippen LogP) is 12.6. The van der Waals surface area contributed by atoms with Crippen molar-refractivity contribution in [2.24, 2.45) is 0 Å². The molecule has 0 heterocycles. The number of amides is 1. The van der Waals surface area contributed by atoms with Gasteiger partial charge in [-0.05, 0) is 44.9 Å². The van der Waals surface area contributed by atoms with Crippen LogP contribution in [0.2, 0.25) is 0 Å². The summed E-state index contributed by atoms with van der Waals surface area (Å²) in [5.74, 6) is -0.0417. The van der Waals surface area contributed by atoms with Crippen molar-refractivity contribution < 1.29 is 15.0 Å². The van der Waals surface area contributed by atoms with Crippen molar-refractivity contribution in [3.8, 4) is 0 Å². The Balaban J connectivity index is 3.55. The molecule has 0 aliphatic heterocycles. The van der Waals surface area contributed by atoms with E-state index in [1.54, 1.807) is 0 Å². The van der Waals surface area contributed by atoms with Crippen LogP contribution in [0, 0.1) is 0 Å². The summed E-state index contributed by atoms with van der Waals surface area (Å²) in [5, 5.41) is 23.1. The molecule has 47 heavy (non-hydrogen) atoms. The van der Waals surface area contributed by atoms with E-state index in [9.17, 15) is 15.0 Å². The average Bonchev–Trinajstić information content (AvgIpc) is 3.07. The van der Waals surface area contributed by atoms with Crippen molar-refractivity contribution in [2.75, 3.05) is 6.61 Å². The third-order valence-corrected chi connectivity index (χ3v) is 9.42. The third kappa shape index (κ3) is 35.7. The average molecular weight is 660 g/mol. The highest BCUT2D eigenvalue weighted by atomic mass is 16.3. The highest BCUT2D eigenvalue weighted by Crippen LogP contribution is 2.16. The van der Waals surface area contributed by atoms with E-state index in [0.29, 0.717) is 12.8 Å². The summed E-state index contributed by atoms with van der Waals surface area (Å²) in [4.78, 5) is 12.4. The van der Waals surface area contributed by atoms with Gasteiger partial charge in [-0.25, -0.2) is 0 Å². The summed E-state index contributed by atoms with van der Waals surface area (Å²) < 4.78 is 0. The molecule has 0 aliphatic rings. The van der Waals surface area contributed by atoms with Gasteiger partial charge in [0.1, 0.15) is 0 Å².